The zero-order chi connectivity index (χ0) is 16.5. The van der Waals surface area contributed by atoms with Crippen molar-refractivity contribution < 1.29 is 17.3 Å². The Bertz CT molecular complexity index is 793. The summed E-state index contributed by atoms with van der Waals surface area (Å²) in [5.41, 5.74) is 1.45. The number of rotatable bonds is 4. The van der Waals surface area contributed by atoms with E-state index in [1.165, 1.54) is 25.3 Å². The van der Waals surface area contributed by atoms with E-state index in [4.69, 9.17) is 32.1 Å². The molecule has 7 heteroatoms. The second-order valence-electron chi connectivity index (χ2n) is 4.70. The largest absolute Gasteiger partial charge is 0.495 e. The van der Waals surface area contributed by atoms with Crippen molar-refractivity contribution in [3.8, 4) is 11.5 Å². The van der Waals surface area contributed by atoms with Gasteiger partial charge in [0, 0.05) is 10.0 Å². The van der Waals surface area contributed by atoms with Gasteiger partial charge in [-0.1, -0.05) is 23.2 Å². The van der Waals surface area contributed by atoms with E-state index in [2.05, 4.69) is 0 Å². The van der Waals surface area contributed by atoms with Crippen molar-refractivity contribution in [1.82, 2.24) is 0 Å². The first-order valence-corrected chi connectivity index (χ1v) is 8.46. The number of hydrogen-bond acceptors (Lipinski definition) is 4. The smallest absolute Gasteiger partial charge is 0.342 e. The minimum Gasteiger partial charge on any atom is -0.495 e. The Labute approximate surface area is 139 Å². The second kappa shape index (κ2) is 6.36. The number of methoxy groups -OCH3 is 1. The normalized spacial score (nSPS) is 11.3. The molecule has 0 heterocycles. The summed E-state index contributed by atoms with van der Waals surface area (Å²) in [6.45, 7) is 3.55. The quantitative estimate of drug-likeness (QED) is 0.758. The average molecular weight is 361 g/mol. The van der Waals surface area contributed by atoms with Crippen LogP contribution >= 0.6 is 23.2 Å². The maximum absolute atomic E-state index is 12.4. The molecular weight excluding hydrogens is 347 g/mol. The van der Waals surface area contributed by atoms with E-state index in [1.54, 1.807) is 26.0 Å². The van der Waals surface area contributed by atoms with Gasteiger partial charge in [0.1, 0.15) is 16.4 Å². The van der Waals surface area contributed by atoms with Gasteiger partial charge in [-0.15, -0.1) is 0 Å². The zero-order valence-electron chi connectivity index (χ0n) is 12.2. The molecule has 0 N–H and O–H groups in total. The first kappa shape index (κ1) is 16.9. The van der Waals surface area contributed by atoms with Gasteiger partial charge in [-0.3, -0.25) is 0 Å². The Morgan fingerprint density at radius 2 is 1.59 bits per heavy atom. The molecule has 0 amide bonds. The highest BCUT2D eigenvalue weighted by molar-refractivity contribution is 7.87. The first-order valence-electron chi connectivity index (χ1n) is 6.29. The van der Waals surface area contributed by atoms with E-state index in [1.807, 2.05) is 0 Å². The summed E-state index contributed by atoms with van der Waals surface area (Å²) in [6.07, 6.45) is 0. The molecule has 0 spiro atoms. The molecule has 2 rings (SSSR count). The average Bonchev–Trinajstić information content (AvgIpc) is 2.44. The standard InChI is InChI=1S/C15H14Cl2O4S/c1-9-6-12(7-10(2)15(9)17)21-22(18,19)14-8-11(16)4-5-13(14)20-3/h4-8H,1-3H3. The van der Waals surface area contributed by atoms with Crippen LogP contribution in [-0.4, -0.2) is 15.5 Å². The highest BCUT2D eigenvalue weighted by atomic mass is 35.5. The van der Waals surface area contributed by atoms with Crippen molar-refractivity contribution in [2.75, 3.05) is 7.11 Å². The van der Waals surface area contributed by atoms with Gasteiger partial charge in [0.25, 0.3) is 0 Å². The van der Waals surface area contributed by atoms with Crippen molar-refractivity contribution in [3.63, 3.8) is 0 Å². The lowest BCUT2D eigenvalue weighted by Crippen LogP contribution is -2.11. The molecule has 0 aliphatic rings. The van der Waals surface area contributed by atoms with E-state index in [0.29, 0.717) is 5.02 Å². The van der Waals surface area contributed by atoms with Gasteiger partial charge in [0.15, 0.2) is 0 Å². The van der Waals surface area contributed by atoms with Crippen LogP contribution in [0.15, 0.2) is 35.2 Å². The molecule has 4 nitrogen and oxygen atoms in total. The van der Waals surface area contributed by atoms with Crippen LogP contribution in [0.1, 0.15) is 11.1 Å². The number of benzene rings is 2. The van der Waals surface area contributed by atoms with Gasteiger partial charge in [0.05, 0.1) is 7.11 Å². The monoisotopic (exact) mass is 360 g/mol. The van der Waals surface area contributed by atoms with Crippen LogP contribution in [0.5, 0.6) is 11.5 Å². The van der Waals surface area contributed by atoms with Crippen molar-refractivity contribution in [1.29, 1.82) is 0 Å². The predicted octanol–water partition coefficient (Wildman–Crippen LogP) is 4.39. The molecule has 0 aliphatic carbocycles. The van der Waals surface area contributed by atoms with Crippen LogP contribution in [0.25, 0.3) is 0 Å². The second-order valence-corrected chi connectivity index (χ2v) is 7.03. The molecule has 0 radical (unpaired) electrons. The maximum Gasteiger partial charge on any atom is 0.342 e. The molecule has 0 saturated carbocycles. The molecule has 0 atom stereocenters. The fourth-order valence-corrected chi connectivity index (χ4v) is 3.43. The SMILES string of the molecule is COc1ccc(Cl)cc1S(=O)(=O)Oc1cc(C)c(Cl)c(C)c1. The van der Waals surface area contributed by atoms with Crippen LogP contribution in [0.3, 0.4) is 0 Å². The number of hydrogen-bond donors (Lipinski definition) is 0. The molecule has 118 valence electrons. The minimum absolute atomic E-state index is 0.132. The summed E-state index contributed by atoms with van der Waals surface area (Å²) in [6, 6.07) is 7.41. The van der Waals surface area contributed by atoms with Gasteiger partial charge in [-0.05, 0) is 55.3 Å². The number of ether oxygens (including phenoxy) is 1. The Kier molecular flexibility index (Phi) is 4.90. The summed E-state index contributed by atoms with van der Waals surface area (Å²) in [4.78, 5) is -0.132. The van der Waals surface area contributed by atoms with Crippen molar-refractivity contribution in [3.05, 3.63) is 51.5 Å². The molecule has 2 aromatic carbocycles. The van der Waals surface area contributed by atoms with Gasteiger partial charge < -0.3 is 8.92 Å². The molecule has 0 aliphatic heterocycles. The number of aryl methyl sites for hydroxylation is 2. The Morgan fingerprint density at radius 3 is 2.14 bits per heavy atom. The molecule has 0 unspecified atom stereocenters. The molecule has 0 bridgehead atoms. The van der Waals surface area contributed by atoms with Gasteiger partial charge >= 0.3 is 10.1 Å². The third-order valence-corrected chi connectivity index (χ3v) is 5.11. The van der Waals surface area contributed by atoms with Crippen molar-refractivity contribution >= 4 is 33.3 Å². The van der Waals surface area contributed by atoms with E-state index >= 15 is 0 Å². The summed E-state index contributed by atoms with van der Waals surface area (Å²) in [5, 5.41) is 0.844. The lowest BCUT2D eigenvalue weighted by molar-refractivity contribution is 0.398. The summed E-state index contributed by atoms with van der Waals surface area (Å²) in [7, 11) is -2.70. The molecule has 0 aromatic heterocycles. The maximum atomic E-state index is 12.4. The minimum atomic E-state index is -4.08. The summed E-state index contributed by atoms with van der Waals surface area (Å²) in [5.74, 6) is 0.341. The van der Waals surface area contributed by atoms with E-state index < -0.39 is 10.1 Å². The Hall–Kier alpha value is -1.43. The fraction of sp³-hybridized carbons (Fsp3) is 0.200. The van der Waals surface area contributed by atoms with E-state index in [-0.39, 0.29) is 21.4 Å². The summed E-state index contributed by atoms with van der Waals surface area (Å²) >= 11 is 11.9. The Morgan fingerprint density at radius 1 is 1.00 bits per heavy atom. The molecular formula is C15H14Cl2O4S. The van der Waals surface area contributed by atoms with Crippen LogP contribution in [-0.2, 0) is 10.1 Å². The Balaban J connectivity index is 2.46. The fourth-order valence-electron chi connectivity index (χ4n) is 1.97. The highest BCUT2D eigenvalue weighted by Crippen LogP contribution is 2.31. The van der Waals surface area contributed by atoms with Crippen molar-refractivity contribution in [2.45, 2.75) is 18.7 Å². The van der Waals surface area contributed by atoms with Gasteiger partial charge in [-0.25, -0.2) is 0 Å². The third kappa shape index (κ3) is 3.48. The van der Waals surface area contributed by atoms with Crippen molar-refractivity contribution in [2.24, 2.45) is 0 Å². The van der Waals surface area contributed by atoms with Crippen LogP contribution in [0.4, 0.5) is 0 Å². The molecule has 2 aromatic rings. The van der Waals surface area contributed by atoms with E-state index in [9.17, 15) is 8.42 Å². The lowest BCUT2D eigenvalue weighted by Gasteiger charge is -2.12. The molecule has 0 saturated heterocycles. The predicted molar refractivity (Wildman–Crippen MR) is 86.7 cm³/mol. The van der Waals surface area contributed by atoms with Crippen LogP contribution in [0.2, 0.25) is 10.0 Å². The van der Waals surface area contributed by atoms with Gasteiger partial charge in [-0.2, -0.15) is 8.42 Å². The van der Waals surface area contributed by atoms with Crippen LogP contribution in [0, 0.1) is 13.8 Å². The third-order valence-electron chi connectivity index (χ3n) is 3.01. The molecule has 22 heavy (non-hydrogen) atoms. The van der Waals surface area contributed by atoms with Gasteiger partial charge in [0.2, 0.25) is 0 Å². The molecule has 0 fully saturated rings. The highest BCUT2D eigenvalue weighted by Gasteiger charge is 2.23. The van der Waals surface area contributed by atoms with E-state index in [0.717, 1.165) is 11.1 Å². The number of halogens is 2. The topological polar surface area (TPSA) is 52.6 Å². The van der Waals surface area contributed by atoms with Crippen LogP contribution < -0.4 is 8.92 Å². The lowest BCUT2D eigenvalue weighted by atomic mass is 10.1. The summed E-state index contributed by atoms with van der Waals surface area (Å²) < 4.78 is 35.1. The first-order chi connectivity index (χ1) is 10.2. The zero-order valence-corrected chi connectivity index (χ0v) is 14.5.